The maximum absolute atomic E-state index is 11.9. The molecule has 1 saturated heterocycles. The number of aliphatic hydroxyl groups is 1. The molecule has 0 bridgehead atoms. The molecule has 1 aromatic carbocycles. The maximum Gasteiger partial charge on any atom is 0.253 e. The van der Waals surface area contributed by atoms with Crippen molar-refractivity contribution in [1.82, 2.24) is 10.7 Å². The lowest BCUT2D eigenvalue weighted by Crippen LogP contribution is -2.52. The molecule has 108 valence electrons. The van der Waals surface area contributed by atoms with E-state index in [-0.39, 0.29) is 0 Å². The number of hydrazine groups is 1. The monoisotopic (exact) mass is 295 g/mol. The summed E-state index contributed by atoms with van der Waals surface area (Å²) in [6.45, 7) is 0.396. The van der Waals surface area contributed by atoms with Gasteiger partial charge in [0.2, 0.25) is 5.91 Å². The lowest BCUT2D eigenvalue weighted by molar-refractivity contribution is -0.142. The minimum Gasteiger partial charge on any atom is -0.392 e. The standard InChI is InChI=1S/C13H17N3O3S/c1-20-9-4-2-8(3-5-9)15-16-13(19)11-10(17)6-7-14-12(11)18/h2-5,10-11,15,17H,6-7H2,1H3,(H,14,18)(H,16,19). The molecule has 20 heavy (non-hydrogen) atoms. The SMILES string of the molecule is CSc1ccc(NNC(=O)C2C(=O)NCCC2O)cc1. The molecule has 0 aromatic heterocycles. The molecule has 1 fully saturated rings. The lowest BCUT2D eigenvalue weighted by Gasteiger charge is -2.26. The van der Waals surface area contributed by atoms with E-state index >= 15 is 0 Å². The Balaban J connectivity index is 1.92. The van der Waals surface area contributed by atoms with E-state index in [4.69, 9.17) is 0 Å². The molecule has 0 spiro atoms. The number of rotatable bonds is 4. The van der Waals surface area contributed by atoms with Crippen LogP contribution in [0.5, 0.6) is 0 Å². The van der Waals surface area contributed by atoms with Gasteiger partial charge in [0.15, 0.2) is 0 Å². The van der Waals surface area contributed by atoms with E-state index in [0.29, 0.717) is 18.7 Å². The van der Waals surface area contributed by atoms with Crippen LogP contribution in [-0.4, -0.2) is 35.8 Å². The van der Waals surface area contributed by atoms with E-state index < -0.39 is 23.8 Å². The minimum absolute atomic E-state index is 0.381. The Bertz CT molecular complexity index is 492. The number of aliphatic hydroxyl groups excluding tert-OH is 1. The number of thioether (sulfide) groups is 1. The molecule has 0 radical (unpaired) electrons. The highest BCUT2D eigenvalue weighted by atomic mass is 32.2. The van der Waals surface area contributed by atoms with Gasteiger partial charge < -0.3 is 10.4 Å². The Kier molecular flexibility index (Phi) is 4.86. The number of anilines is 1. The van der Waals surface area contributed by atoms with Gasteiger partial charge in [-0.3, -0.25) is 20.4 Å². The van der Waals surface area contributed by atoms with Crippen molar-refractivity contribution in [3.05, 3.63) is 24.3 Å². The molecular formula is C13H17N3O3S. The highest BCUT2D eigenvalue weighted by Crippen LogP contribution is 2.17. The van der Waals surface area contributed by atoms with Gasteiger partial charge in [-0.05, 0) is 36.9 Å². The van der Waals surface area contributed by atoms with Gasteiger partial charge in [-0.2, -0.15) is 0 Å². The zero-order chi connectivity index (χ0) is 14.5. The molecule has 0 aliphatic carbocycles. The number of nitrogens with one attached hydrogen (secondary N) is 3. The largest absolute Gasteiger partial charge is 0.392 e. The molecule has 1 aliphatic heterocycles. The van der Waals surface area contributed by atoms with Crippen molar-refractivity contribution in [1.29, 1.82) is 0 Å². The number of hydrogen-bond donors (Lipinski definition) is 4. The summed E-state index contributed by atoms with van der Waals surface area (Å²) in [6, 6.07) is 7.48. The topological polar surface area (TPSA) is 90.5 Å². The van der Waals surface area contributed by atoms with E-state index in [9.17, 15) is 14.7 Å². The summed E-state index contributed by atoms with van der Waals surface area (Å²) in [4.78, 5) is 24.6. The summed E-state index contributed by atoms with van der Waals surface area (Å²) < 4.78 is 0. The molecule has 2 atom stereocenters. The van der Waals surface area contributed by atoms with Crippen molar-refractivity contribution in [3.63, 3.8) is 0 Å². The van der Waals surface area contributed by atoms with Gasteiger partial charge in [-0.25, -0.2) is 0 Å². The van der Waals surface area contributed by atoms with Crippen LogP contribution in [-0.2, 0) is 9.59 Å². The quantitative estimate of drug-likeness (QED) is 0.365. The fourth-order valence-electron chi connectivity index (χ4n) is 1.97. The number of piperidine rings is 1. The first kappa shape index (κ1) is 14.7. The Hall–Kier alpha value is -1.73. The normalized spacial score (nSPS) is 22.0. The molecule has 1 heterocycles. The van der Waals surface area contributed by atoms with Crippen LogP contribution in [0.2, 0.25) is 0 Å². The minimum atomic E-state index is -1.07. The second kappa shape index (κ2) is 6.62. The zero-order valence-electron chi connectivity index (χ0n) is 11.1. The molecule has 1 aromatic rings. The van der Waals surface area contributed by atoms with Crippen LogP contribution in [0.4, 0.5) is 5.69 Å². The summed E-state index contributed by atoms with van der Waals surface area (Å²) in [7, 11) is 0. The Morgan fingerprint density at radius 2 is 2.10 bits per heavy atom. The van der Waals surface area contributed by atoms with Gasteiger partial charge in [0.05, 0.1) is 11.8 Å². The van der Waals surface area contributed by atoms with Gasteiger partial charge in [-0.15, -0.1) is 11.8 Å². The molecule has 2 amide bonds. The van der Waals surface area contributed by atoms with Gasteiger partial charge in [0.25, 0.3) is 5.91 Å². The van der Waals surface area contributed by atoms with E-state index in [0.717, 1.165) is 4.90 Å². The van der Waals surface area contributed by atoms with Crippen molar-refractivity contribution in [2.24, 2.45) is 5.92 Å². The summed E-state index contributed by atoms with van der Waals surface area (Å²) >= 11 is 1.62. The molecule has 1 aliphatic rings. The zero-order valence-corrected chi connectivity index (χ0v) is 11.9. The second-order valence-corrected chi connectivity index (χ2v) is 5.35. The van der Waals surface area contributed by atoms with Crippen LogP contribution < -0.4 is 16.2 Å². The van der Waals surface area contributed by atoms with Crippen LogP contribution in [0, 0.1) is 5.92 Å². The number of carbonyl (C=O) groups is 2. The Labute approximate surface area is 121 Å². The number of hydrogen-bond acceptors (Lipinski definition) is 5. The third-order valence-corrected chi connectivity index (χ3v) is 3.85. The number of benzene rings is 1. The summed E-state index contributed by atoms with van der Waals surface area (Å²) in [5, 5.41) is 12.3. The van der Waals surface area contributed by atoms with Gasteiger partial charge >= 0.3 is 0 Å². The predicted octanol–water partition coefficient (Wildman–Crippen LogP) is 0.349. The van der Waals surface area contributed by atoms with Crippen molar-refractivity contribution >= 4 is 29.3 Å². The van der Waals surface area contributed by atoms with Crippen LogP contribution in [0.3, 0.4) is 0 Å². The molecule has 2 rings (SSSR count). The summed E-state index contributed by atoms with van der Waals surface area (Å²) in [6.07, 6.45) is 1.42. The van der Waals surface area contributed by atoms with Crippen molar-refractivity contribution in [3.8, 4) is 0 Å². The number of carbonyl (C=O) groups excluding carboxylic acids is 2. The third-order valence-electron chi connectivity index (χ3n) is 3.11. The van der Waals surface area contributed by atoms with Crippen molar-refractivity contribution < 1.29 is 14.7 Å². The molecule has 6 nitrogen and oxygen atoms in total. The first-order chi connectivity index (χ1) is 9.61. The lowest BCUT2D eigenvalue weighted by atomic mass is 9.95. The van der Waals surface area contributed by atoms with Crippen LogP contribution in [0.25, 0.3) is 0 Å². The highest BCUT2D eigenvalue weighted by Gasteiger charge is 2.36. The van der Waals surface area contributed by atoms with Gasteiger partial charge in [0, 0.05) is 11.4 Å². The fourth-order valence-corrected chi connectivity index (χ4v) is 2.38. The van der Waals surface area contributed by atoms with Crippen LogP contribution in [0.1, 0.15) is 6.42 Å². The van der Waals surface area contributed by atoms with E-state index in [1.54, 1.807) is 11.8 Å². The predicted molar refractivity (Wildman–Crippen MR) is 77.1 cm³/mol. The summed E-state index contributed by atoms with van der Waals surface area (Å²) in [5.41, 5.74) is 5.89. The summed E-state index contributed by atoms with van der Waals surface area (Å²) in [5.74, 6) is -2.05. The Morgan fingerprint density at radius 1 is 1.40 bits per heavy atom. The maximum atomic E-state index is 11.9. The fraction of sp³-hybridized carbons (Fsp3) is 0.385. The van der Waals surface area contributed by atoms with Gasteiger partial charge in [-0.1, -0.05) is 0 Å². The first-order valence-corrected chi connectivity index (χ1v) is 7.50. The molecule has 2 unspecified atom stereocenters. The van der Waals surface area contributed by atoms with E-state index in [1.807, 2.05) is 30.5 Å². The molecule has 7 heteroatoms. The van der Waals surface area contributed by atoms with E-state index in [1.165, 1.54) is 0 Å². The smallest absolute Gasteiger partial charge is 0.253 e. The Morgan fingerprint density at radius 3 is 2.70 bits per heavy atom. The second-order valence-electron chi connectivity index (χ2n) is 4.47. The highest BCUT2D eigenvalue weighted by molar-refractivity contribution is 7.98. The molecular weight excluding hydrogens is 278 g/mol. The van der Waals surface area contributed by atoms with Crippen molar-refractivity contribution in [2.75, 3.05) is 18.2 Å². The number of amides is 2. The van der Waals surface area contributed by atoms with Crippen LogP contribution in [0.15, 0.2) is 29.2 Å². The molecule has 0 saturated carbocycles. The average molecular weight is 295 g/mol. The first-order valence-electron chi connectivity index (χ1n) is 6.27. The molecule has 4 N–H and O–H groups in total. The van der Waals surface area contributed by atoms with Crippen molar-refractivity contribution in [2.45, 2.75) is 17.4 Å². The average Bonchev–Trinajstić information content (AvgIpc) is 2.45. The third kappa shape index (κ3) is 3.43. The van der Waals surface area contributed by atoms with E-state index in [2.05, 4.69) is 16.2 Å². The van der Waals surface area contributed by atoms with Gasteiger partial charge in [0.1, 0.15) is 5.92 Å². The van der Waals surface area contributed by atoms with Crippen LogP contribution >= 0.6 is 11.8 Å².